The number of ether oxygens (including phenoxy) is 1. The van der Waals surface area contributed by atoms with E-state index in [0.717, 1.165) is 5.56 Å². The average molecular weight is 543 g/mol. The number of aliphatic hydroxyl groups is 1. The van der Waals surface area contributed by atoms with Crippen LogP contribution < -0.4 is 25.4 Å². The van der Waals surface area contributed by atoms with E-state index in [1.54, 1.807) is 24.3 Å². The zero-order valence-electron chi connectivity index (χ0n) is 21.3. The normalized spacial score (nSPS) is 12.1. The number of carbonyl (C=O) groups is 1. The van der Waals surface area contributed by atoms with Crippen molar-refractivity contribution < 1.29 is 28.2 Å². The number of anilines is 2. The van der Waals surface area contributed by atoms with Gasteiger partial charge < -0.3 is 30.9 Å². The summed E-state index contributed by atoms with van der Waals surface area (Å²) in [5.41, 5.74) is 1.92. The Bertz CT molecular complexity index is 1260. The van der Waals surface area contributed by atoms with Crippen molar-refractivity contribution in [2.45, 2.75) is 37.3 Å². The molecule has 0 aliphatic rings. The fourth-order valence-corrected chi connectivity index (χ4v) is 4.45. The van der Waals surface area contributed by atoms with Crippen molar-refractivity contribution in [3.63, 3.8) is 0 Å². The molecule has 0 unspecified atom stereocenters. The molecule has 1 atom stereocenters. The minimum atomic E-state index is -3.79. The van der Waals surface area contributed by atoms with Crippen LogP contribution in [0.5, 0.6) is 11.5 Å². The van der Waals surface area contributed by atoms with E-state index in [0.29, 0.717) is 36.6 Å². The van der Waals surface area contributed by atoms with Crippen molar-refractivity contribution in [3.8, 4) is 11.5 Å². The molecule has 38 heavy (non-hydrogen) atoms. The number of hydrogen-bond donors (Lipinski definition) is 6. The van der Waals surface area contributed by atoms with Crippen molar-refractivity contribution in [2.24, 2.45) is 0 Å². The van der Waals surface area contributed by atoms with Crippen LogP contribution in [0.25, 0.3) is 0 Å². The third-order valence-corrected chi connectivity index (χ3v) is 6.70. The van der Waals surface area contributed by atoms with Crippen molar-refractivity contribution in [1.82, 2.24) is 10.6 Å². The highest BCUT2D eigenvalue weighted by molar-refractivity contribution is 7.92. The Kier molecular flexibility index (Phi) is 10.3. The van der Waals surface area contributed by atoms with Gasteiger partial charge in [0.05, 0.1) is 4.90 Å². The third kappa shape index (κ3) is 9.58. The van der Waals surface area contributed by atoms with Gasteiger partial charge in [0.1, 0.15) is 24.2 Å². The first-order chi connectivity index (χ1) is 18.1. The SMILES string of the molecule is CC(C)NC(=O)Nc1ccc(S(=O)(=O)Nc2ccc(CCNC[C@H](O)COc3ccc(O)cc3)cc2)cc1. The Morgan fingerprint density at radius 1 is 0.921 bits per heavy atom. The summed E-state index contributed by atoms with van der Waals surface area (Å²) >= 11 is 0. The van der Waals surface area contributed by atoms with Gasteiger partial charge in [-0.3, -0.25) is 4.72 Å². The van der Waals surface area contributed by atoms with E-state index >= 15 is 0 Å². The Hall–Kier alpha value is -3.80. The zero-order chi connectivity index (χ0) is 27.5. The van der Waals surface area contributed by atoms with Gasteiger partial charge in [0.15, 0.2) is 0 Å². The number of hydrogen-bond acceptors (Lipinski definition) is 7. The summed E-state index contributed by atoms with van der Waals surface area (Å²) in [4.78, 5) is 11.9. The van der Waals surface area contributed by atoms with Gasteiger partial charge >= 0.3 is 6.03 Å². The molecule has 0 spiro atoms. The highest BCUT2D eigenvalue weighted by Crippen LogP contribution is 2.19. The topological polar surface area (TPSA) is 149 Å². The molecule has 0 saturated heterocycles. The highest BCUT2D eigenvalue weighted by Gasteiger charge is 2.14. The Labute approximate surface area is 223 Å². The molecule has 0 fully saturated rings. The molecule has 2 amide bonds. The van der Waals surface area contributed by atoms with Gasteiger partial charge in [-0.25, -0.2) is 13.2 Å². The lowest BCUT2D eigenvalue weighted by Gasteiger charge is -2.13. The van der Waals surface area contributed by atoms with Crippen LogP contribution in [0, 0.1) is 0 Å². The highest BCUT2D eigenvalue weighted by atomic mass is 32.2. The van der Waals surface area contributed by atoms with E-state index in [-0.39, 0.29) is 29.3 Å². The summed E-state index contributed by atoms with van der Waals surface area (Å²) in [5, 5.41) is 27.9. The molecule has 3 rings (SSSR count). The summed E-state index contributed by atoms with van der Waals surface area (Å²) in [6, 6.07) is 18.9. The fraction of sp³-hybridized carbons (Fsp3) is 0.296. The molecule has 0 aliphatic heterocycles. The number of benzene rings is 3. The van der Waals surface area contributed by atoms with E-state index in [9.17, 15) is 23.4 Å². The van der Waals surface area contributed by atoms with E-state index in [4.69, 9.17) is 4.74 Å². The number of urea groups is 1. The first-order valence-corrected chi connectivity index (χ1v) is 13.7. The van der Waals surface area contributed by atoms with Crippen LogP contribution in [-0.2, 0) is 16.4 Å². The van der Waals surface area contributed by atoms with E-state index in [2.05, 4.69) is 20.7 Å². The van der Waals surface area contributed by atoms with Gasteiger partial charge in [-0.2, -0.15) is 0 Å². The number of carbonyl (C=O) groups excluding carboxylic acids is 1. The van der Waals surface area contributed by atoms with Crippen LogP contribution in [0.2, 0.25) is 0 Å². The first-order valence-electron chi connectivity index (χ1n) is 12.2. The lowest BCUT2D eigenvalue weighted by Crippen LogP contribution is -2.34. The summed E-state index contributed by atoms with van der Waals surface area (Å²) in [6.45, 7) is 4.79. The number of phenols is 1. The second-order valence-electron chi connectivity index (χ2n) is 8.99. The quantitative estimate of drug-likeness (QED) is 0.182. The summed E-state index contributed by atoms with van der Waals surface area (Å²) in [5.74, 6) is 0.718. The lowest BCUT2D eigenvalue weighted by molar-refractivity contribution is 0.106. The van der Waals surface area contributed by atoms with E-state index < -0.39 is 16.1 Å². The van der Waals surface area contributed by atoms with Crippen molar-refractivity contribution in [3.05, 3.63) is 78.4 Å². The monoisotopic (exact) mass is 542 g/mol. The molecule has 3 aromatic rings. The van der Waals surface area contributed by atoms with Gasteiger partial charge in [0, 0.05) is 24.0 Å². The molecule has 0 radical (unpaired) electrons. The number of sulfonamides is 1. The number of nitrogens with one attached hydrogen (secondary N) is 4. The van der Waals surface area contributed by atoms with Gasteiger partial charge in [-0.05, 0) is 93.0 Å². The van der Waals surface area contributed by atoms with Crippen LogP contribution in [-0.4, -0.2) is 56.5 Å². The Morgan fingerprint density at radius 2 is 1.55 bits per heavy atom. The van der Waals surface area contributed by atoms with Crippen LogP contribution in [0.3, 0.4) is 0 Å². The molecule has 0 saturated carbocycles. The van der Waals surface area contributed by atoms with E-state index in [1.807, 2.05) is 26.0 Å². The van der Waals surface area contributed by atoms with Gasteiger partial charge in [0.2, 0.25) is 0 Å². The number of aromatic hydroxyl groups is 1. The molecule has 6 N–H and O–H groups in total. The van der Waals surface area contributed by atoms with E-state index in [1.165, 1.54) is 36.4 Å². The number of amides is 2. The van der Waals surface area contributed by atoms with Crippen LogP contribution in [0.15, 0.2) is 77.7 Å². The molecule has 0 aliphatic carbocycles. The summed E-state index contributed by atoms with van der Waals surface area (Å²) < 4.78 is 33.5. The van der Waals surface area contributed by atoms with Gasteiger partial charge in [0.25, 0.3) is 10.0 Å². The summed E-state index contributed by atoms with van der Waals surface area (Å²) in [6.07, 6.45) is -0.000129. The lowest BCUT2D eigenvalue weighted by atomic mass is 10.1. The van der Waals surface area contributed by atoms with Crippen molar-refractivity contribution in [2.75, 3.05) is 29.7 Å². The molecule has 0 bridgehead atoms. The molecule has 10 nitrogen and oxygen atoms in total. The maximum absolute atomic E-state index is 12.7. The molecule has 3 aromatic carbocycles. The first kappa shape index (κ1) is 28.8. The third-order valence-electron chi connectivity index (χ3n) is 5.30. The minimum Gasteiger partial charge on any atom is -0.508 e. The largest absolute Gasteiger partial charge is 0.508 e. The molecule has 11 heteroatoms. The predicted octanol–water partition coefficient (Wildman–Crippen LogP) is 3.29. The number of aliphatic hydroxyl groups excluding tert-OH is 1. The van der Waals surface area contributed by atoms with Crippen LogP contribution >= 0.6 is 0 Å². The van der Waals surface area contributed by atoms with Crippen LogP contribution in [0.4, 0.5) is 16.2 Å². The predicted molar refractivity (Wildman–Crippen MR) is 147 cm³/mol. The standard InChI is InChI=1S/C27H34N4O6S/c1-19(2)29-27(34)30-21-7-13-26(14-8-21)38(35,36)31-22-5-3-20(4-6-22)15-16-28-17-24(33)18-37-25-11-9-23(32)10-12-25/h3-14,19,24,28,31-33H,15-18H2,1-2H3,(H2,29,30,34)/t24-/m0/s1. The summed E-state index contributed by atoms with van der Waals surface area (Å²) in [7, 11) is -3.79. The smallest absolute Gasteiger partial charge is 0.319 e. The second kappa shape index (κ2) is 13.7. The number of rotatable bonds is 13. The van der Waals surface area contributed by atoms with Gasteiger partial charge in [-0.15, -0.1) is 0 Å². The zero-order valence-corrected chi connectivity index (χ0v) is 22.2. The maximum Gasteiger partial charge on any atom is 0.319 e. The molecular weight excluding hydrogens is 508 g/mol. The Balaban J connectivity index is 1.41. The van der Waals surface area contributed by atoms with Crippen LogP contribution in [0.1, 0.15) is 19.4 Å². The van der Waals surface area contributed by atoms with Crippen molar-refractivity contribution >= 4 is 27.4 Å². The average Bonchev–Trinajstić information content (AvgIpc) is 2.87. The molecule has 204 valence electrons. The fourth-order valence-electron chi connectivity index (χ4n) is 3.40. The molecule has 0 heterocycles. The van der Waals surface area contributed by atoms with Gasteiger partial charge in [-0.1, -0.05) is 12.1 Å². The Morgan fingerprint density at radius 3 is 2.18 bits per heavy atom. The van der Waals surface area contributed by atoms with Crippen molar-refractivity contribution in [1.29, 1.82) is 0 Å². The molecular formula is C27H34N4O6S. The second-order valence-corrected chi connectivity index (χ2v) is 10.7. The molecule has 0 aromatic heterocycles. The minimum absolute atomic E-state index is 0.0159. The number of phenolic OH excluding ortho intramolecular Hbond substituents is 1. The maximum atomic E-state index is 12.7.